The summed E-state index contributed by atoms with van der Waals surface area (Å²) in [5.41, 5.74) is 1.12. The number of hydrogen-bond donors (Lipinski definition) is 4. The Balaban J connectivity index is 1.64. The first-order valence-electron chi connectivity index (χ1n) is 10.4. The van der Waals surface area contributed by atoms with Gasteiger partial charge in [0.05, 0.1) is 36.2 Å². The van der Waals surface area contributed by atoms with Crippen molar-refractivity contribution in [2.24, 2.45) is 11.8 Å². The Morgan fingerprint density at radius 1 is 0.688 bits per heavy atom. The van der Waals surface area contributed by atoms with Crippen molar-refractivity contribution in [3.05, 3.63) is 94.5 Å². The number of aliphatic hydroxyl groups is 4. The Hall–Kier alpha value is -2.61. The van der Waals surface area contributed by atoms with E-state index in [1.807, 2.05) is 0 Å². The van der Waals surface area contributed by atoms with Crippen LogP contribution in [-0.2, 0) is 11.6 Å². The molecular formula is C25H23ClO6. The van der Waals surface area contributed by atoms with Gasteiger partial charge < -0.3 is 29.9 Å². The summed E-state index contributed by atoms with van der Waals surface area (Å²) >= 11 is 6.09. The molecule has 4 N–H and O–H groups in total. The summed E-state index contributed by atoms with van der Waals surface area (Å²) in [7, 11) is 0. The maximum Gasteiger partial charge on any atom is 0.200 e. The molecule has 166 valence electrons. The molecule has 3 aromatic rings. The molecule has 2 unspecified atom stereocenters. The van der Waals surface area contributed by atoms with Gasteiger partial charge in [-0.2, -0.15) is 0 Å². The van der Waals surface area contributed by atoms with Crippen molar-refractivity contribution in [3.8, 4) is 11.5 Å². The van der Waals surface area contributed by atoms with E-state index in [-0.39, 0.29) is 24.3 Å². The maximum absolute atomic E-state index is 11.3. The molecule has 32 heavy (non-hydrogen) atoms. The highest BCUT2D eigenvalue weighted by molar-refractivity contribution is 6.30. The number of hydrogen-bond acceptors (Lipinski definition) is 6. The van der Waals surface area contributed by atoms with Crippen molar-refractivity contribution in [3.63, 3.8) is 0 Å². The smallest absolute Gasteiger partial charge is 0.200 e. The highest BCUT2D eigenvalue weighted by Crippen LogP contribution is 2.52. The Kier molecular flexibility index (Phi) is 5.15. The molecule has 3 aromatic carbocycles. The Bertz CT molecular complexity index is 1060. The van der Waals surface area contributed by atoms with E-state index >= 15 is 0 Å². The van der Waals surface area contributed by atoms with Crippen LogP contribution in [0.3, 0.4) is 0 Å². The van der Waals surface area contributed by atoms with Gasteiger partial charge in [-0.3, -0.25) is 0 Å². The number of halogens is 1. The van der Waals surface area contributed by atoms with Gasteiger partial charge in [0.1, 0.15) is 11.5 Å². The third-order valence-electron chi connectivity index (χ3n) is 6.56. The van der Waals surface area contributed by atoms with Crippen molar-refractivity contribution in [1.29, 1.82) is 0 Å². The van der Waals surface area contributed by atoms with Crippen LogP contribution in [0.4, 0.5) is 0 Å². The molecule has 2 atom stereocenters. The second kappa shape index (κ2) is 7.76. The molecule has 0 saturated heterocycles. The van der Waals surface area contributed by atoms with Crippen LogP contribution in [0.2, 0.25) is 5.02 Å². The minimum absolute atomic E-state index is 0.0362. The summed E-state index contributed by atoms with van der Waals surface area (Å²) in [6, 6.07) is 20.3. The van der Waals surface area contributed by atoms with Gasteiger partial charge in [0.15, 0.2) is 11.6 Å². The van der Waals surface area contributed by atoms with Crippen molar-refractivity contribution >= 4 is 11.6 Å². The third kappa shape index (κ3) is 3.36. The number of ether oxygens (including phenoxy) is 2. The second-order valence-electron chi connectivity index (χ2n) is 8.36. The summed E-state index contributed by atoms with van der Waals surface area (Å²) in [5.74, 6) is -6.37. The average molecular weight is 455 g/mol. The Labute approximate surface area is 190 Å². The van der Waals surface area contributed by atoms with Crippen molar-refractivity contribution < 1.29 is 29.9 Å². The van der Waals surface area contributed by atoms with Gasteiger partial charge in [-0.05, 0) is 42.0 Å². The van der Waals surface area contributed by atoms with E-state index in [1.54, 1.807) is 72.8 Å². The van der Waals surface area contributed by atoms with E-state index in [9.17, 15) is 20.4 Å². The lowest BCUT2D eigenvalue weighted by molar-refractivity contribution is -0.267. The monoisotopic (exact) mass is 454 g/mol. The summed E-state index contributed by atoms with van der Waals surface area (Å²) in [6.07, 6.45) is 0. The number of benzene rings is 3. The molecule has 2 aliphatic heterocycles. The van der Waals surface area contributed by atoms with Gasteiger partial charge in [0.25, 0.3) is 0 Å². The molecule has 2 aliphatic rings. The molecule has 0 spiro atoms. The molecule has 2 heterocycles. The second-order valence-corrected chi connectivity index (χ2v) is 8.79. The van der Waals surface area contributed by atoms with Crippen LogP contribution in [0.5, 0.6) is 11.5 Å². The van der Waals surface area contributed by atoms with Crippen LogP contribution < -0.4 is 9.47 Å². The lowest BCUT2D eigenvalue weighted by Gasteiger charge is -2.48. The van der Waals surface area contributed by atoms with Gasteiger partial charge in [-0.1, -0.05) is 48.0 Å². The average Bonchev–Trinajstić information content (AvgIpc) is 2.78. The lowest BCUT2D eigenvalue weighted by atomic mass is 9.67. The minimum Gasteiger partial charge on any atom is -0.493 e. The number of para-hydroxylation sites is 2. The molecule has 7 heteroatoms. The van der Waals surface area contributed by atoms with Gasteiger partial charge in [0, 0.05) is 10.9 Å². The van der Waals surface area contributed by atoms with E-state index in [1.165, 1.54) is 0 Å². The summed E-state index contributed by atoms with van der Waals surface area (Å²) < 4.78 is 11.8. The standard InChI is InChI=1S/C25H23ClO6/c26-16-11-9-15(10-12-16)23(19-13-31-21-7-3-1-5-17(21)24(19,27)28)20-14-32-22-8-4-2-6-18(22)25(20,29)30/h1-12,19-20,23,27-30H,13-14H2. The highest BCUT2D eigenvalue weighted by atomic mass is 35.5. The Morgan fingerprint density at radius 3 is 1.59 bits per heavy atom. The van der Waals surface area contributed by atoms with Crippen LogP contribution >= 0.6 is 11.6 Å². The van der Waals surface area contributed by atoms with E-state index in [4.69, 9.17) is 21.1 Å². The summed E-state index contributed by atoms with van der Waals surface area (Å²) in [6.45, 7) is -0.0724. The van der Waals surface area contributed by atoms with Crippen LogP contribution in [0.25, 0.3) is 0 Å². The maximum atomic E-state index is 11.3. The summed E-state index contributed by atoms with van der Waals surface area (Å²) in [4.78, 5) is 0. The third-order valence-corrected chi connectivity index (χ3v) is 6.81. The number of fused-ring (bicyclic) bond motifs is 2. The largest absolute Gasteiger partial charge is 0.493 e. The van der Waals surface area contributed by atoms with Crippen molar-refractivity contribution in [1.82, 2.24) is 0 Å². The first-order chi connectivity index (χ1) is 15.3. The highest BCUT2D eigenvalue weighted by Gasteiger charge is 2.55. The molecule has 0 aliphatic carbocycles. The fraction of sp³-hybridized carbons (Fsp3) is 0.280. The van der Waals surface area contributed by atoms with E-state index in [0.717, 1.165) is 0 Å². The topological polar surface area (TPSA) is 99.4 Å². The fourth-order valence-corrected chi connectivity index (χ4v) is 5.05. The van der Waals surface area contributed by atoms with Crippen LogP contribution in [0, 0.1) is 11.8 Å². The summed E-state index contributed by atoms with van der Waals surface area (Å²) in [5, 5.41) is 45.8. The van der Waals surface area contributed by atoms with E-state index in [2.05, 4.69) is 0 Å². The zero-order chi connectivity index (χ0) is 22.5. The van der Waals surface area contributed by atoms with Gasteiger partial charge in [-0.25, -0.2) is 0 Å². The molecule has 0 radical (unpaired) electrons. The first kappa shape index (κ1) is 21.2. The van der Waals surface area contributed by atoms with Crippen LogP contribution in [0.15, 0.2) is 72.8 Å². The SMILES string of the molecule is OC1(O)c2ccccc2OCC1C(c1ccc(Cl)cc1)C1COc2ccccc2C1(O)O. The molecule has 5 rings (SSSR count). The molecule has 0 saturated carbocycles. The van der Waals surface area contributed by atoms with Gasteiger partial charge in [0.2, 0.25) is 0 Å². The molecule has 6 nitrogen and oxygen atoms in total. The zero-order valence-corrected chi connectivity index (χ0v) is 17.8. The quantitative estimate of drug-likeness (QED) is 0.454. The Morgan fingerprint density at radius 2 is 1.12 bits per heavy atom. The molecule has 0 fully saturated rings. The van der Waals surface area contributed by atoms with Gasteiger partial charge in [-0.15, -0.1) is 0 Å². The van der Waals surface area contributed by atoms with Crippen LogP contribution in [0.1, 0.15) is 22.6 Å². The van der Waals surface area contributed by atoms with Crippen molar-refractivity contribution in [2.75, 3.05) is 13.2 Å². The van der Waals surface area contributed by atoms with Crippen LogP contribution in [-0.4, -0.2) is 33.6 Å². The predicted octanol–water partition coefficient (Wildman–Crippen LogP) is 3.12. The molecule has 0 amide bonds. The van der Waals surface area contributed by atoms with E-state index < -0.39 is 29.3 Å². The first-order valence-corrected chi connectivity index (χ1v) is 10.8. The lowest BCUT2D eigenvalue weighted by Crippen LogP contribution is -2.53. The number of rotatable bonds is 3. The predicted molar refractivity (Wildman–Crippen MR) is 117 cm³/mol. The molecular weight excluding hydrogens is 432 g/mol. The molecule has 0 aromatic heterocycles. The van der Waals surface area contributed by atoms with E-state index in [0.29, 0.717) is 22.1 Å². The zero-order valence-electron chi connectivity index (χ0n) is 17.1. The van der Waals surface area contributed by atoms with Gasteiger partial charge >= 0.3 is 0 Å². The fourth-order valence-electron chi connectivity index (χ4n) is 4.92. The minimum atomic E-state index is -2.27. The normalized spacial score (nSPS) is 23.8. The van der Waals surface area contributed by atoms with Crippen molar-refractivity contribution in [2.45, 2.75) is 17.5 Å². The molecule has 0 bridgehead atoms.